The SMILES string of the molecule is CCNc1cnc(CN(C)c2cccc(C#N)c2)cn1. The Kier molecular flexibility index (Phi) is 4.51. The summed E-state index contributed by atoms with van der Waals surface area (Å²) in [4.78, 5) is 10.7. The van der Waals surface area contributed by atoms with Crippen molar-refractivity contribution in [1.29, 1.82) is 5.26 Å². The zero-order valence-corrected chi connectivity index (χ0v) is 11.7. The van der Waals surface area contributed by atoms with Crippen LogP contribution < -0.4 is 10.2 Å². The predicted molar refractivity (Wildman–Crippen MR) is 79.5 cm³/mol. The largest absolute Gasteiger partial charge is 0.369 e. The fourth-order valence-electron chi connectivity index (χ4n) is 1.86. The van der Waals surface area contributed by atoms with Crippen LogP contribution >= 0.6 is 0 Å². The first kappa shape index (κ1) is 13.8. The van der Waals surface area contributed by atoms with E-state index < -0.39 is 0 Å². The van der Waals surface area contributed by atoms with Crippen molar-refractivity contribution in [2.45, 2.75) is 13.5 Å². The average Bonchev–Trinajstić information content (AvgIpc) is 2.49. The van der Waals surface area contributed by atoms with E-state index in [1.807, 2.05) is 37.1 Å². The molecule has 20 heavy (non-hydrogen) atoms. The molecule has 0 radical (unpaired) electrons. The van der Waals surface area contributed by atoms with Gasteiger partial charge in [-0.1, -0.05) is 6.07 Å². The maximum Gasteiger partial charge on any atom is 0.144 e. The van der Waals surface area contributed by atoms with E-state index in [0.717, 1.165) is 23.7 Å². The molecule has 1 N–H and O–H groups in total. The summed E-state index contributed by atoms with van der Waals surface area (Å²) >= 11 is 0. The molecule has 0 aliphatic carbocycles. The van der Waals surface area contributed by atoms with Gasteiger partial charge in [0.15, 0.2) is 0 Å². The van der Waals surface area contributed by atoms with Gasteiger partial charge in [0.2, 0.25) is 0 Å². The number of nitriles is 1. The molecule has 2 aromatic rings. The van der Waals surface area contributed by atoms with Crippen LogP contribution in [0.2, 0.25) is 0 Å². The van der Waals surface area contributed by atoms with Crippen molar-refractivity contribution in [3.05, 3.63) is 47.9 Å². The number of nitrogens with one attached hydrogen (secondary N) is 1. The monoisotopic (exact) mass is 267 g/mol. The van der Waals surface area contributed by atoms with Gasteiger partial charge >= 0.3 is 0 Å². The second-order valence-electron chi connectivity index (χ2n) is 4.44. The maximum atomic E-state index is 8.92. The van der Waals surface area contributed by atoms with Gasteiger partial charge in [-0.3, -0.25) is 4.98 Å². The fraction of sp³-hybridized carbons (Fsp3) is 0.267. The third-order valence-electron chi connectivity index (χ3n) is 2.88. The van der Waals surface area contributed by atoms with Crippen LogP contribution in [0.4, 0.5) is 11.5 Å². The molecule has 0 unspecified atom stereocenters. The van der Waals surface area contributed by atoms with Crippen molar-refractivity contribution in [3.8, 4) is 6.07 Å². The smallest absolute Gasteiger partial charge is 0.144 e. The van der Waals surface area contributed by atoms with E-state index in [4.69, 9.17) is 5.26 Å². The zero-order valence-electron chi connectivity index (χ0n) is 11.7. The molecular weight excluding hydrogens is 250 g/mol. The van der Waals surface area contributed by atoms with Gasteiger partial charge < -0.3 is 10.2 Å². The first-order chi connectivity index (χ1) is 9.72. The van der Waals surface area contributed by atoms with Crippen LogP contribution in [0.5, 0.6) is 0 Å². The molecule has 5 heteroatoms. The lowest BCUT2D eigenvalue weighted by molar-refractivity contribution is 0.873. The van der Waals surface area contributed by atoms with E-state index in [2.05, 4.69) is 21.4 Å². The number of hydrogen-bond donors (Lipinski definition) is 1. The van der Waals surface area contributed by atoms with Gasteiger partial charge in [0.25, 0.3) is 0 Å². The third kappa shape index (κ3) is 3.45. The van der Waals surface area contributed by atoms with Gasteiger partial charge in [0.05, 0.1) is 36.3 Å². The number of aromatic nitrogens is 2. The summed E-state index contributed by atoms with van der Waals surface area (Å²) in [5.74, 6) is 0.783. The van der Waals surface area contributed by atoms with Crippen molar-refractivity contribution >= 4 is 11.5 Å². The Morgan fingerprint density at radius 2 is 2.15 bits per heavy atom. The van der Waals surface area contributed by atoms with Gasteiger partial charge in [-0.15, -0.1) is 0 Å². The highest BCUT2D eigenvalue weighted by atomic mass is 15.1. The summed E-state index contributed by atoms with van der Waals surface area (Å²) in [6.45, 7) is 3.49. The Labute approximate surface area is 118 Å². The van der Waals surface area contributed by atoms with Crippen LogP contribution in [-0.2, 0) is 6.54 Å². The standard InChI is InChI=1S/C15H17N5/c1-3-17-15-10-18-13(9-19-15)11-20(2)14-6-4-5-12(7-14)8-16/h4-7,9-10H,3,11H2,1-2H3,(H,17,19). The normalized spacial score (nSPS) is 9.85. The summed E-state index contributed by atoms with van der Waals surface area (Å²) in [7, 11) is 1.97. The molecule has 0 aliphatic heterocycles. The molecule has 0 amide bonds. The maximum absolute atomic E-state index is 8.92. The summed E-state index contributed by atoms with van der Waals surface area (Å²) in [5, 5.41) is 12.0. The van der Waals surface area contributed by atoms with Crippen molar-refractivity contribution in [1.82, 2.24) is 9.97 Å². The Bertz CT molecular complexity index is 600. The second kappa shape index (κ2) is 6.53. The first-order valence-corrected chi connectivity index (χ1v) is 6.49. The van der Waals surface area contributed by atoms with E-state index >= 15 is 0 Å². The minimum atomic E-state index is 0.647. The molecule has 0 atom stereocenters. The topological polar surface area (TPSA) is 64.8 Å². The molecule has 2 rings (SSSR count). The molecule has 0 aliphatic rings. The lowest BCUT2D eigenvalue weighted by Gasteiger charge is -2.18. The molecule has 0 saturated carbocycles. The van der Waals surface area contributed by atoms with Crippen molar-refractivity contribution in [2.75, 3.05) is 23.8 Å². The lowest BCUT2D eigenvalue weighted by Crippen LogP contribution is -2.17. The molecule has 0 bridgehead atoms. The molecule has 1 aromatic heterocycles. The zero-order chi connectivity index (χ0) is 14.4. The Morgan fingerprint density at radius 1 is 1.30 bits per heavy atom. The summed E-state index contributed by atoms with van der Waals surface area (Å²) in [6.07, 6.45) is 3.50. The van der Waals surface area contributed by atoms with Gasteiger partial charge in [0.1, 0.15) is 5.82 Å². The Morgan fingerprint density at radius 3 is 2.80 bits per heavy atom. The van der Waals surface area contributed by atoms with Crippen molar-refractivity contribution in [2.24, 2.45) is 0 Å². The molecule has 0 saturated heterocycles. The first-order valence-electron chi connectivity index (χ1n) is 6.49. The Hall–Kier alpha value is -2.61. The summed E-state index contributed by atoms with van der Waals surface area (Å²) in [5.41, 5.74) is 2.53. The van der Waals surface area contributed by atoms with E-state index in [9.17, 15) is 0 Å². The molecule has 102 valence electrons. The Balaban J connectivity index is 2.07. The predicted octanol–water partition coefficient (Wildman–Crippen LogP) is 2.42. The van der Waals surface area contributed by atoms with Crippen LogP contribution in [0.15, 0.2) is 36.7 Å². The number of rotatable bonds is 5. The van der Waals surface area contributed by atoms with Crippen molar-refractivity contribution < 1.29 is 0 Å². The quantitative estimate of drug-likeness (QED) is 0.901. The van der Waals surface area contributed by atoms with Crippen LogP contribution in [0.25, 0.3) is 0 Å². The lowest BCUT2D eigenvalue weighted by atomic mass is 10.2. The van der Waals surface area contributed by atoms with Crippen LogP contribution in [0.3, 0.4) is 0 Å². The highest BCUT2D eigenvalue weighted by molar-refractivity contribution is 5.51. The third-order valence-corrected chi connectivity index (χ3v) is 2.88. The van der Waals surface area contributed by atoms with E-state index in [-0.39, 0.29) is 0 Å². The van der Waals surface area contributed by atoms with E-state index in [0.29, 0.717) is 12.1 Å². The van der Waals surface area contributed by atoms with E-state index in [1.165, 1.54) is 0 Å². The summed E-state index contributed by atoms with van der Waals surface area (Å²) < 4.78 is 0. The highest BCUT2D eigenvalue weighted by Crippen LogP contribution is 2.16. The van der Waals surface area contributed by atoms with Crippen LogP contribution in [0, 0.1) is 11.3 Å². The average molecular weight is 267 g/mol. The van der Waals surface area contributed by atoms with Gasteiger partial charge in [-0.2, -0.15) is 5.26 Å². The van der Waals surface area contributed by atoms with Gasteiger partial charge in [-0.25, -0.2) is 4.98 Å². The minimum Gasteiger partial charge on any atom is -0.369 e. The van der Waals surface area contributed by atoms with Crippen LogP contribution in [0.1, 0.15) is 18.2 Å². The van der Waals surface area contributed by atoms with Crippen LogP contribution in [-0.4, -0.2) is 23.6 Å². The molecule has 1 aromatic carbocycles. The highest BCUT2D eigenvalue weighted by Gasteiger charge is 2.04. The molecule has 0 fully saturated rings. The number of hydrogen-bond acceptors (Lipinski definition) is 5. The van der Waals surface area contributed by atoms with E-state index in [1.54, 1.807) is 18.5 Å². The minimum absolute atomic E-state index is 0.647. The van der Waals surface area contributed by atoms with Gasteiger partial charge in [0, 0.05) is 19.3 Å². The molecule has 1 heterocycles. The molecular formula is C15H17N5. The van der Waals surface area contributed by atoms with Crippen molar-refractivity contribution in [3.63, 3.8) is 0 Å². The number of benzene rings is 1. The second-order valence-corrected chi connectivity index (χ2v) is 4.44. The number of nitrogens with zero attached hydrogens (tertiary/aromatic N) is 4. The summed E-state index contributed by atoms with van der Waals surface area (Å²) in [6, 6.07) is 9.65. The molecule has 0 spiro atoms. The fourth-order valence-corrected chi connectivity index (χ4v) is 1.86. The molecule has 5 nitrogen and oxygen atoms in total. The number of anilines is 2. The van der Waals surface area contributed by atoms with Gasteiger partial charge in [-0.05, 0) is 25.1 Å².